The quantitative estimate of drug-likeness (QED) is 0.691. The molecule has 28 heavy (non-hydrogen) atoms. The molecule has 0 bridgehead atoms. The lowest BCUT2D eigenvalue weighted by molar-refractivity contribution is 0.0518. The van der Waals surface area contributed by atoms with Crippen molar-refractivity contribution in [1.29, 1.82) is 0 Å². The van der Waals surface area contributed by atoms with Crippen molar-refractivity contribution in [3.05, 3.63) is 87.8 Å². The van der Waals surface area contributed by atoms with Gasteiger partial charge < -0.3 is 10.1 Å². The number of carbonyl (C=O) groups excluding carboxylic acids is 2. The average Bonchev–Trinajstić information content (AvgIpc) is 2.69. The Kier molecular flexibility index (Phi) is 5.64. The fraction of sp³-hybridized carbons (Fsp3) is 0.143. The van der Waals surface area contributed by atoms with E-state index in [1.54, 1.807) is 61.5 Å². The molecule has 1 heterocycles. The molecular formula is C21H19N3O4. The maximum Gasteiger partial charge on any atom is 0.360 e. The highest BCUT2D eigenvalue weighted by atomic mass is 16.5. The van der Waals surface area contributed by atoms with E-state index in [0.29, 0.717) is 11.3 Å². The van der Waals surface area contributed by atoms with Gasteiger partial charge in [-0.2, -0.15) is 9.78 Å². The van der Waals surface area contributed by atoms with Gasteiger partial charge in [-0.05, 0) is 38.1 Å². The first-order valence-corrected chi connectivity index (χ1v) is 8.74. The third kappa shape index (κ3) is 4.15. The lowest BCUT2D eigenvalue weighted by Crippen LogP contribution is -2.27. The molecule has 0 atom stereocenters. The number of aryl methyl sites for hydroxylation is 1. The summed E-state index contributed by atoms with van der Waals surface area (Å²) in [5.41, 5.74) is 1.27. The number of amides is 1. The molecule has 7 nitrogen and oxygen atoms in total. The number of ether oxygens (including phenoxy) is 1. The summed E-state index contributed by atoms with van der Waals surface area (Å²) in [5.74, 6) is -1.18. The number of esters is 1. The summed E-state index contributed by atoms with van der Waals surface area (Å²) in [6, 6.07) is 16.8. The van der Waals surface area contributed by atoms with Crippen molar-refractivity contribution in [3.63, 3.8) is 0 Å². The molecule has 0 aliphatic heterocycles. The molecule has 0 aliphatic carbocycles. The highest BCUT2D eigenvalue weighted by Crippen LogP contribution is 2.15. The van der Waals surface area contributed by atoms with Crippen molar-refractivity contribution in [2.45, 2.75) is 13.8 Å². The fourth-order valence-corrected chi connectivity index (χ4v) is 2.56. The second kappa shape index (κ2) is 8.30. The van der Waals surface area contributed by atoms with Crippen LogP contribution in [0.1, 0.15) is 33.3 Å². The summed E-state index contributed by atoms with van der Waals surface area (Å²) in [6.45, 7) is 3.71. The van der Waals surface area contributed by atoms with Gasteiger partial charge in [0.1, 0.15) is 0 Å². The molecule has 1 aromatic heterocycles. The Bertz CT molecular complexity index is 1060. The first-order valence-electron chi connectivity index (χ1n) is 8.74. The molecule has 0 unspecified atom stereocenters. The second-order valence-corrected chi connectivity index (χ2v) is 6.03. The first-order chi connectivity index (χ1) is 13.5. The fourth-order valence-electron chi connectivity index (χ4n) is 2.56. The number of benzene rings is 2. The van der Waals surface area contributed by atoms with Crippen LogP contribution in [-0.4, -0.2) is 28.3 Å². The van der Waals surface area contributed by atoms with Crippen LogP contribution in [0, 0.1) is 6.92 Å². The van der Waals surface area contributed by atoms with Crippen LogP contribution >= 0.6 is 0 Å². The van der Waals surface area contributed by atoms with Gasteiger partial charge in [-0.1, -0.05) is 35.9 Å². The minimum atomic E-state index is -0.730. The van der Waals surface area contributed by atoms with E-state index in [0.717, 1.165) is 10.2 Å². The minimum Gasteiger partial charge on any atom is -0.461 e. The van der Waals surface area contributed by atoms with Gasteiger partial charge in [-0.3, -0.25) is 9.59 Å². The smallest absolute Gasteiger partial charge is 0.360 e. The number of rotatable bonds is 5. The Morgan fingerprint density at radius 1 is 1.07 bits per heavy atom. The van der Waals surface area contributed by atoms with Gasteiger partial charge in [0.05, 0.1) is 18.0 Å². The van der Waals surface area contributed by atoms with Crippen LogP contribution in [0.3, 0.4) is 0 Å². The molecule has 3 rings (SSSR count). The monoisotopic (exact) mass is 377 g/mol. The van der Waals surface area contributed by atoms with E-state index in [2.05, 4.69) is 10.4 Å². The molecule has 0 fully saturated rings. The average molecular weight is 377 g/mol. The molecule has 0 spiro atoms. The molecule has 0 saturated carbocycles. The molecule has 0 radical (unpaired) electrons. The Hall–Kier alpha value is -3.74. The summed E-state index contributed by atoms with van der Waals surface area (Å²) in [7, 11) is 0. The van der Waals surface area contributed by atoms with Crippen LogP contribution in [0.25, 0.3) is 5.69 Å². The standard InChI is InChI=1S/C21H19N3O4/c1-3-28-21(27)19-17(22-20(26)15-11-9-14(2)10-12-15)13-18(25)24(23-19)16-7-5-4-6-8-16/h4-13H,3H2,1-2H3,(H,22,26). The van der Waals surface area contributed by atoms with Crippen molar-refractivity contribution in [3.8, 4) is 5.69 Å². The zero-order valence-corrected chi connectivity index (χ0v) is 15.5. The minimum absolute atomic E-state index is 0.00112. The first kappa shape index (κ1) is 19.0. The van der Waals surface area contributed by atoms with Gasteiger partial charge >= 0.3 is 5.97 Å². The Balaban J connectivity index is 2.03. The van der Waals surface area contributed by atoms with Crippen molar-refractivity contribution in [2.24, 2.45) is 0 Å². The lowest BCUT2D eigenvalue weighted by atomic mass is 10.1. The van der Waals surface area contributed by atoms with E-state index in [-0.39, 0.29) is 18.0 Å². The second-order valence-electron chi connectivity index (χ2n) is 6.03. The van der Waals surface area contributed by atoms with Crippen molar-refractivity contribution in [2.75, 3.05) is 11.9 Å². The predicted octanol–water partition coefficient (Wildman–Crippen LogP) is 2.97. The van der Waals surface area contributed by atoms with Crippen LogP contribution in [-0.2, 0) is 4.74 Å². The third-order valence-electron chi connectivity index (χ3n) is 3.96. The van der Waals surface area contributed by atoms with Crippen LogP contribution in [0.2, 0.25) is 0 Å². The Labute approximate surface area is 161 Å². The maximum absolute atomic E-state index is 12.5. The molecule has 0 aliphatic rings. The number of aromatic nitrogens is 2. The zero-order chi connectivity index (χ0) is 20.1. The number of para-hydroxylation sites is 1. The SMILES string of the molecule is CCOC(=O)c1nn(-c2ccccc2)c(=O)cc1NC(=O)c1ccc(C)cc1. The van der Waals surface area contributed by atoms with Crippen molar-refractivity contribution >= 4 is 17.6 Å². The zero-order valence-electron chi connectivity index (χ0n) is 15.5. The summed E-state index contributed by atoms with van der Waals surface area (Å²) in [5, 5.41) is 6.73. The number of hydrogen-bond donors (Lipinski definition) is 1. The largest absolute Gasteiger partial charge is 0.461 e. The van der Waals surface area contributed by atoms with Gasteiger partial charge in [-0.15, -0.1) is 0 Å². The molecule has 7 heteroatoms. The van der Waals surface area contributed by atoms with Gasteiger partial charge in [-0.25, -0.2) is 4.79 Å². The lowest BCUT2D eigenvalue weighted by Gasteiger charge is -2.12. The number of carbonyl (C=O) groups is 2. The number of nitrogens with zero attached hydrogens (tertiary/aromatic N) is 2. The van der Waals surface area contributed by atoms with E-state index in [1.807, 2.05) is 6.92 Å². The van der Waals surface area contributed by atoms with E-state index in [4.69, 9.17) is 4.74 Å². The third-order valence-corrected chi connectivity index (χ3v) is 3.96. The van der Waals surface area contributed by atoms with Crippen molar-refractivity contribution in [1.82, 2.24) is 9.78 Å². The van der Waals surface area contributed by atoms with Crippen LogP contribution in [0.15, 0.2) is 65.5 Å². The summed E-state index contributed by atoms with van der Waals surface area (Å²) < 4.78 is 6.13. The maximum atomic E-state index is 12.5. The van der Waals surface area contributed by atoms with E-state index < -0.39 is 17.4 Å². The van der Waals surface area contributed by atoms with E-state index in [1.165, 1.54) is 6.07 Å². The van der Waals surface area contributed by atoms with Crippen LogP contribution < -0.4 is 10.9 Å². The highest BCUT2D eigenvalue weighted by Gasteiger charge is 2.20. The van der Waals surface area contributed by atoms with Crippen LogP contribution in [0.5, 0.6) is 0 Å². The topological polar surface area (TPSA) is 90.3 Å². The van der Waals surface area contributed by atoms with E-state index >= 15 is 0 Å². The summed E-state index contributed by atoms with van der Waals surface area (Å²) in [6.07, 6.45) is 0. The highest BCUT2D eigenvalue weighted by molar-refractivity contribution is 6.07. The molecular weight excluding hydrogens is 358 g/mol. The van der Waals surface area contributed by atoms with Gasteiger partial charge in [0.25, 0.3) is 11.5 Å². The molecule has 1 amide bonds. The Morgan fingerprint density at radius 3 is 2.39 bits per heavy atom. The Morgan fingerprint density at radius 2 is 1.75 bits per heavy atom. The normalized spacial score (nSPS) is 10.4. The summed E-state index contributed by atoms with van der Waals surface area (Å²) in [4.78, 5) is 37.4. The number of hydrogen-bond acceptors (Lipinski definition) is 5. The molecule has 142 valence electrons. The molecule has 0 saturated heterocycles. The predicted molar refractivity (Wildman–Crippen MR) is 105 cm³/mol. The van der Waals surface area contributed by atoms with Gasteiger partial charge in [0, 0.05) is 11.6 Å². The van der Waals surface area contributed by atoms with E-state index in [9.17, 15) is 14.4 Å². The molecule has 3 aromatic rings. The number of nitrogens with one attached hydrogen (secondary N) is 1. The van der Waals surface area contributed by atoms with Crippen LogP contribution in [0.4, 0.5) is 5.69 Å². The van der Waals surface area contributed by atoms with Gasteiger partial charge in [0.15, 0.2) is 5.69 Å². The molecule has 1 N–H and O–H groups in total. The molecule has 2 aromatic carbocycles. The van der Waals surface area contributed by atoms with Gasteiger partial charge in [0.2, 0.25) is 0 Å². The van der Waals surface area contributed by atoms with Crippen molar-refractivity contribution < 1.29 is 14.3 Å². The summed E-state index contributed by atoms with van der Waals surface area (Å²) >= 11 is 0. The number of anilines is 1.